The van der Waals surface area contributed by atoms with Gasteiger partial charge in [0.2, 0.25) is 11.8 Å². The number of nitrogens with one attached hydrogen (secondary N) is 2. The van der Waals surface area contributed by atoms with E-state index in [-0.39, 0.29) is 18.0 Å². The summed E-state index contributed by atoms with van der Waals surface area (Å²) in [5.74, 6) is 0.117. The number of nitrogens with zero attached hydrogens (tertiary/aromatic N) is 2. The lowest BCUT2D eigenvalue weighted by atomic mass is 10.0. The molecule has 6 nitrogen and oxygen atoms in total. The fourth-order valence-electron chi connectivity index (χ4n) is 4.53. The van der Waals surface area contributed by atoms with E-state index >= 15 is 0 Å². The van der Waals surface area contributed by atoms with Crippen LogP contribution in [0.2, 0.25) is 0 Å². The van der Waals surface area contributed by atoms with Crippen LogP contribution < -0.4 is 15.5 Å². The normalized spacial score (nSPS) is 18.8. The largest absolute Gasteiger partial charge is 0.325 e. The molecule has 164 valence electrons. The van der Waals surface area contributed by atoms with Gasteiger partial charge in [-0.2, -0.15) is 0 Å². The Morgan fingerprint density at radius 3 is 2.23 bits per heavy atom. The molecule has 0 spiro atoms. The Morgan fingerprint density at radius 2 is 1.65 bits per heavy atom. The lowest BCUT2D eigenvalue weighted by Gasteiger charge is -2.28. The standard InChI is InChI=1S/C25H32N4O2/c1-19(30)29(24-5-4-14-26-24)23-12-8-21(9-13-23)17-20-6-10-22(11-7-20)27-25(31)18-28-15-2-3-16-28/h6-13,24,26H,2-5,14-18H2,1H3,(H,27,31). The van der Waals surface area contributed by atoms with Gasteiger partial charge in [-0.1, -0.05) is 24.3 Å². The quantitative estimate of drug-likeness (QED) is 0.721. The molecule has 0 aromatic heterocycles. The molecule has 0 radical (unpaired) electrons. The molecule has 2 aliphatic rings. The molecule has 1 unspecified atom stereocenters. The fraction of sp³-hybridized carbons (Fsp3) is 0.440. The second kappa shape index (κ2) is 10.1. The van der Waals surface area contributed by atoms with Crippen molar-refractivity contribution in [1.29, 1.82) is 0 Å². The molecule has 2 fully saturated rings. The predicted octanol–water partition coefficient (Wildman–Crippen LogP) is 3.37. The van der Waals surface area contributed by atoms with Crippen molar-refractivity contribution in [3.63, 3.8) is 0 Å². The third-order valence-electron chi connectivity index (χ3n) is 6.11. The van der Waals surface area contributed by atoms with Gasteiger partial charge in [0.25, 0.3) is 0 Å². The Kier molecular flexibility index (Phi) is 6.99. The van der Waals surface area contributed by atoms with Crippen LogP contribution in [0.3, 0.4) is 0 Å². The molecule has 2 aromatic carbocycles. The van der Waals surface area contributed by atoms with Gasteiger partial charge in [-0.25, -0.2) is 0 Å². The van der Waals surface area contributed by atoms with E-state index in [1.165, 1.54) is 24.0 Å². The molecular weight excluding hydrogens is 388 g/mol. The third kappa shape index (κ3) is 5.71. The van der Waals surface area contributed by atoms with Crippen LogP contribution in [0, 0.1) is 0 Å². The molecule has 6 heteroatoms. The second-order valence-electron chi connectivity index (χ2n) is 8.57. The van der Waals surface area contributed by atoms with Crippen LogP contribution in [-0.4, -0.2) is 49.1 Å². The van der Waals surface area contributed by atoms with Crippen molar-refractivity contribution < 1.29 is 9.59 Å². The van der Waals surface area contributed by atoms with Crippen molar-refractivity contribution in [2.75, 3.05) is 36.4 Å². The molecule has 1 atom stereocenters. The van der Waals surface area contributed by atoms with Gasteiger partial charge in [-0.05, 0) is 87.1 Å². The summed E-state index contributed by atoms with van der Waals surface area (Å²) in [5, 5.41) is 6.40. The predicted molar refractivity (Wildman–Crippen MR) is 124 cm³/mol. The van der Waals surface area contributed by atoms with Crippen LogP contribution in [0.15, 0.2) is 48.5 Å². The minimum atomic E-state index is 0.0528. The van der Waals surface area contributed by atoms with Gasteiger partial charge in [-0.15, -0.1) is 0 Å². The fourth-order valence-corrected chi connectivity index (χ4v) is 4.53. The zero-order valence-electron chi connectivity index (χ0n) is 18.3. The Hall–Kier alpha value is -2.70. The Bertz CT molecular complexity index is 883. The first-order chi connectivity index (χ1) is 15.1. The van der Waals surface area contributed by atoms with Crippen LogP contribution in [0.4, 0.5) is 11.4 Å². The summed E-state index contributed by atoms with van der Waals surface area (Å²) in [6, 6.07) is 16.3. The smallest absolute Gasteiger partial charge is 0.238 e. The summed E-state index contributed by atoms with van der Waals surface area (Å²) in [5.41, 5.74) is 4.15. The topological polar surface area (TPSA) is 64.7 Å². The van der Waals surface area contributed by atoms with Crippen molar-refractivity contribution in [2.24, 2.45) is 0 Å². The number of carbonyl (C=O) groups is 2. The van der Waals surface area contributed by atoms with Crippen molar-refractivity contribution in [1.82, 2.24) is 10.2 Å². The molecule has 4 rings (SSSR count). The van der Waals surface area contributed by atoms with Crippen LogP contribution in [0.5, 0.6) is 0 Å². The molecule has 0 aliphatic carbocycles. The molecule has 0 saturated carbocycles. The highest BCUT2D eigenvalue weighted by Crippen LogP contribution is 2.23. The number of carbonyl (C=O) groups excluding carboxylic acids is 2. The number of hydrogen-bond acceptors (Lipinski definition) is 4. The Morgan fingerprint density at radius 1 is 1.00 bits per heavy atom. The zero-order chi connectivity index (χ0) is 21.6. The Labute approximate surface area is 184 Å². The van der Waals surface area contributed by atoms with E-state index in [1.807, 2.05) is 29.2 Å². The maximum atomic E-state index is 12.2. The van der Waals surface area contributed by atoms with E-state index in [0.717, 1.165) is 50.3 Å². The summed E-state index contributed by atoms with van der Waals surface area (Å²) in [4.78, 5) is 28.4. The van der Waals surface area contributed by atoms with Gasteiger partial charge in [0, 0.05) is 18.3 Å². The van der Waals surface area contributed by atoms with E-state index in [9.17, 15) is 9.59 Å². The van der Waals surface area contributed by atoms with Crippen LogP contribution in [0.1, 0.15) is 43.7 Å². The first-order valence-corrected chi connectivity index (χ1v) is 11.3. The second-order valence-corrected chi connectivity index (χ2v) is 8.57. The first kappa shape index (κ1) is 21.5. The molecule has 2 aromatic rings. The molecule has 31 heavy (non-hydrogen) atoms. The number of likely N-dealkylation sites (tertiary alicyclic amines) is 1. The van der Waals surface area contributed by atoms with Crippen LogP contribution in [-0.2, 0) is 16.0 Å². The Balaban J connectivity index is 1.33. The lowest BCUT2D eigenvalue weighted by molar-refractivity contribution is -0.117. The SMILES string of the molecule is CC(=O)N(c1ccc(Cc2ccc(NC(=O)CN3CCCC3)cc2)cc1)C1CCCN1. The van der Waals surface area contributed by atoms with Crippen LogP contribution in [0.25, 0.3) is 0 Å². The minimum Gasteiger partial charge on any atom is -0.325 e. The highest BCUT2D eigenvalue weighted by Gasteiger charge is 2.25. The molecule has 2 aliphatic heterocycles. The summed E-state index contributed by atoms with van der Waals surface area (Å²) in [7, 11) is 0. The summed E-state index contributed by atoms with van der Waals surface area (Å²) in [6.45, 7) is 5.10. The van der Waals surface area contributed by atoms with Crippen molar-refractivity contribution in [3.05, 3.63) is 59.7 Å². The van der Waals surface area contributed by atoms with Crippen molar-refractivity contribution in [3.8, 4) is 0 Å². The lowest BCUT2D eigenvalue weighted by Crippen LogP contribution is -2.44. The van der Waals surface area contributed by atoms with E-state index < -0.39 is 0 Å². The number of rotatable bonds is 7. The summed E-state index contributed by atoms with van der Waals surface area (Å²) in [6.07, 6.45) is 5.37. The molecule has 2 amide bonds. The maximum absolute atomic E-state index is 12.2. The number of benzene rings is 2. The monoisotopic (exact) mass is 420 g/mol. The van der Waals surface area contributed by atoms with Gasteiger partial charge >= 0.3 is 0 Å². The van der Waals surface area contributed by atoms with Gasteiger partial charge in [0.05, 0.1) is 12.7 Å². The van der Waals surface area contributed by atoms with Gasteiger partial charge in [0.1, 0.15) is 0 Å². The molecule has 0 bridgehead atoms. The van der Waals surface area contributed by atoms with Crippen molar-refractivity contribution >= 4 is 23.2 Å². The average molecular weight is 421 g/mol. The number of amides is 2. The van der Waals surface area contributed by atoms with E-state index in [1.54, 1.807) is 6.92 Å². The average Bonchev–Trinajstić information content (AvgIpc) is 3.45. The number of anilines is 2. The van der Waals surface area contributed by atoms with Gasteiger partial charge < -0.3 is 5.32 Å². The number of hydrogen-bond donors (Lipinski definition) is 2. The van der Waals surface area contributed by atoms with E-state index in [0.29, 0.717) is 6.54 Å². The van der Waals surface area contributed by atoms with Gasteiger partial charge in [-0.3, -0.25) is 24.7 Å². The van der Waals surface area contributed by atoms with Crippen molar-refractivity contribution in [2.45, 2.75) is 45.2 Å². The molecule has 2 saturated heterocycles. The third-order valence-corrected chi connectivity index (χ3v) is 6.11. The molecule has 2 heterocycles. The van der Waals surface area contributed by atoms with E-state index in [2.05, 4.69) is 39.8 Å². The first-order valence-electron chi connectivity index (χ1n) is 11.3. The summed E-state index contributed by atoms with van der Waals surface area (Å²) < 4.78 is 0. The highest BCUT2D eigenvalue weighted by molar-refractivity contribution is 5.92. The molecule has 2 N–H and O–H groups in total. The van der Waals surface area contributed by atoms with Crippen LogP contribution >= 0.6 is 0 Å². The van der Waals surface area contributed by atoms with E-state index in [4.69, 9.17) is 0 Å². The molecular formula is C25H32N4O2. The van der Waals surface area contributed by atoms with Gasteiger partial charge in [0.15, 0.2) is 0 Å². The minimum absolute atomic E-state index is 0.0528. The summed E-state index contributed by atoms with van der Waals surface area (Å²) >= 11 is 0. The highest BCUT2D eigenvalue weighted by atomic mass is 16.2. The zero-order valence-corrected chi connectivity index (χ0v) is 18.3. The maximum Gasteiger partial charge on any atom is 0.238 e.